The number of benzene rings is 2. The number of hydrogen-bond acceptors (Lipinski definition) is 3. The molecule has 37 heavy (non-hydrogen) atoms. The van der Waals surface area contributed by atoms with Gasteiger partial charge in [0.05, 0.1) is 12.2 Å². The summed E-state index contributed by atoms with van der Waals surface area (Å²) in [5.74, 6) is 2.94. The first kappa shape index (κ1) is 29.3. The van der Waals surface area contributed by atoms with Gasteiger partial charge in [-0.2, -0.15) is 0 Å². The van der Waals surface area contributed by atoms with E-state index in [0.29, 0.717) is 11.3 Å². The molecular weight excluding hydrogens is 456 g/mol. The van der Waals surface area contributed by atoms with Crippen LogP contribution in [0.5, 0.6) is 11.5 Å². The summed E-state index contributed by atoms with van der Waals surface area (Å²) in [5, 5.41) is 0. The van der Waals surface area contributed by atoms with Gasteiger partial charge in [0.2, 0.25) is 0 Å². The molecule has 3 heteroatoms. The third-order valence-electron chi connectivity index (χ3n) is 8.00. The summed E-state index contributed by atoms with van der Waals surface area (Å²) >= 11 is 0. The van der Waals surface area contributed by atoms with Crippen molar-refractivity contribution in [3.05, 3.63) is 59.7 Å². The summed E-state index contributed by atoms with van der Waals surface area (Å²) < 4.78 is 11.5. The third kappa shape index (κ3) is 11.3. The van der Waals surface area contributed by atoms with Gasteiger partial charge in [-0.3, -0.25) is 0 Å². The Bertz CT molecular complexity index is 863. The molecule has 1 aliphatic rings. The fraction of sp³-hybridized carbons (Fsp3) is 0.618. The fourth-order valence-corrected chi connectivity index (χ4v) is 5.56. The molecule has 2 aromatic rings. The molecular formula is C34H50O3. The van der Waals surface area contributed by atoms with Crippen molar-refractivity contribution in [3.8, 4) is 11.5 Å². The average Bonchev–Trinajstić information content (AvgIpc) is 2.93. The zero-order valence-corrected chi connectivity index (χ0v) is 23.5. The molecule has 1 fully saturated rings. The zero-order chi connectivity index (χ0) is 26.1. The Hall–Kier alpha value is -2.29. The van der Waals surface area contributed by atoms with Gasteiger partial charge in [-0.15, -0.1) is 0 Å². The van der Waals surface area contributed by atoms with E-state index in [1.165, 1.54) is 95.5 Å². The molecule has 0 atom stereocenters. The molecule has 3 rings (SSSR count). The van der Waals surface area contributed by atoms with Crippen LogP contribution in [0.2, 0.25) is 0 Å². The Morgan fingerprint density at radius 2 is 1.24 bits per heavy atom. The number of esters is 1. The number of hydrogen-bond donors (Lipinski definition) is 0. The van der Waals surface area contributed by atoms with Crippen molar-refractivity contribution in [1.82, 2.24) is 0 Å². The van der Waals surface area contributed by atoms with Crippen molar-refractivity contribution in [2.45, 2.75) is 117 Å². The highest BCUT2D eigenvalue weighted by Gasteiger charge is 2.20. The van der Waals surface area contributed by atoms with E-state index in [1.807, 2.05) is 24.3 Å². The minimum absolute atomic E-state index is 0.329. The van der Waals surface area contributed by atoms with Crippen molar-refractivity contribution in [1.29, 1.82) is 0 Å². The Morgan fingerprint density at radius 3 is 1.89 bits per heavy atom. The second-order valence-electron chi connectivity index (χ2n) is 11.1. The van der Waals surface area contributed by atoms with Gasteiger partial charge in [0, 0.05) is 0 Å². The van der Waals surface area contributed by atoms with Crippen LogP contribution in [-0.2, 0) is 6.42 Å². The lowest BCUT2D eigenvalue weighted by molar-refractivity contribution is 0.0734. The number of carbonyl (C=O) groups excluding carboxylic acids is 1. The van der Waals surface area contributed by atoms with E-state index in [-0.39, 0.29) is 5.97 Å². The number of rotatable bonds is 17. The molecule has 0 aliphatic heterocycles. The molecule has 0 N–H and O–H groups in total. The Labute approximate surface area is 226 Å². The van der Waals surface area contributed by atoms with Gasteiger partial charge in [0.25, 0.3) is 0 Å². The predicted molar refractivity (Wildman–Crippen MR) is 155 cm³/mol. The quantitative estimate of drug-likeness (QED) is 0.122. The summed E-state index contributed by atoms with van der Waals surface area (Å²) in [5.41, 5.74) is 1.84. The molecule has 0 saturated heterocycles. The molecule has 0 radical (unpaired) electrons. The maximum Gasteiger partial charge on any atom is 0.343 e. The van der Waals surface area contributed by atoms with Crippen LogP contribution in [0.1, 0.15) is 126 Å². The molecule has 0 aromatic heterocycles. The Kier molecular flexibility index (Phi) is 13.7. The van der Waals surface area contributed by atoms with Gasteiger partial charge in [-0.25, -0.2) is 4.79 Å². The second-order valence-corrected chi connectivity index (χ2v) is 11.1. The summed E-state index contributed by atoms with van der Waals surface area (Å²) in [6.07, 6.45) is 21.1. The van der Waals surface area contributed by atoms with Crippen LogP contribution in [0.15, 0.2) is 48.5 Å². The van der Waals surface area contributed by atoms with Crippen LogP contribution >= 0.6 is 0 Å². The molecule has 204 valence electrons. The Balaban J connectivity index is 1.30. The van der Waals surface area contributed by atoms with Gasteiger partial charge in [-0.1, -0.05) is 103 Å². The normalized spacial score (nSPS) is 17.5. The van der Waals surface area contributed by atoms with Crippen LogP contribution in [0.25, 0.3) is 0 Å². The lowest BCUT2D eigenvalue weighted by Crippen LogP contribution is -2.15. The van der Waals surface area contributed by atoms with E-state index in [9.17, 15) is 4.79 Å². The van der Waals surface area contributed by atoms with Gasteiger partial charge in [0.15, 0.2) is 0 Å². The number of ether oxygens (including phenoxy) is 2. The molecule has 3 nitrogen and oxygen atoms in total. The van der Waals surface area contributed by atoms with Gasteiger partial charge < -0.3 is 9.47 Å². The average molecular weight is 507 g/mol. The van der Waals surface area contributed by atoms with Gasteiger partial charge in [0.1, 0.15) is 11.5 Å². The molecule has 0 amide bonds. The SMILES string of the molecule is CCCCCCCc1ccc(OC(=O)c2ccc(OCCC[C@H]3CC[C@H](CCCCC)CC3)cc2)cc1. The Morgan fingerprint density at radius 1 is 0.676 bits per heavy atom. The highest BCUT2D eigenvalue weighted by molar-refractivity contribution is 5.91. The van der Waals surface area contributed by atoms with Crippen molar-refractivity contribution >= 4 is 5.97 Å². The van der Waals surface area contributed by atoms with Gasteiger partial charge >= 0.3 is 5.97 Å². The molecule has 0 unspecified atom stereocenters. The van der Waals surface area contributed by atoms with E-state index in [2.05, 4.69) is 26.0 Å². The minimum atomic E-state index is -0.329. The van der Waals surface area contributed by atoms with Crippen molar-refractivity contribution in [2.75, 3.05) is 6.61 Å². The summed E-state index contributed by atoms with van der Waals surface area (Å²) in [7, 11) is 0. The highest BCUT2D eigenvalue weighted by atomic mass is 16.5. The maximum atomic E-state index is 12.6. The van der Waals surface area contributed by atoms with Crippen LogP contribution in [-0.4, -0.2) is 12.6 Å². The fourth-order valence-electron chi connectivity index (χ4n) is 5.56. The monoisotopic (exact) mass is 506 g/mol. The van der Waals surface area contributed by atoms with E-state index >= 15 is 0 Å². The predicted octanol–water partition coefficient (Wildman–Crippen LogP) is 9.96. The molecule has 0 heterocycles. The van der Waals surface area contributed by atoms with Crippen molar-refractivity contribution in [3.63, 3.8) is 0 Å². The van der Waals surface area contributed by atoms with E-state index in [4.69, 9.17) is 9.47 Å². The molecule has 1 saturated carbocycles. The lowest BCUT2D eigenvalue weighted by atomic mass is 9.78. The second kappa shape index (κ2) is 17.3. The molecule has 0 bridgehead atoms. The molecule has 1 aliphatic carbocycles. The zero-order valence-electron chi connectivity index (χ0n) is 23.5. The summed E-state index contributed by atoms with van der Waals surface area (Å²) in [6, 6.07) is 15.3. The topological polar surface area (TPSA) is 35.5 Å². The smallest absolute Gasteiger partial charge is 0.343 e. The summed E-state index contributed by atoms with van der Waals surface area (Å²) in [4.78, 5) is 12.6. The number of aryl methyl sites for hydroxylation is 1. The van der Waals surface area contributed by atoms with Crippen molar-refractivity contribution < 1.29 is 14.3 Å². The van der Waals surface area contributed by atoms with Crippen LogP contribution in [0, 0.1) is 11.8 Å². The van der Waals surface area contributed by atoms with Crippen LogP contribution in [0.4, 0.5) is 0 Å². The maximum absolute atomic E-state index is 12.6. The van der Waals surface area contributed by atoms with E-state index in [1.54, 1.807) is 12.1 Å². The molecule has 2 aromatic carbocycles. The standard InChI is InChI=1S/C34H50O3/c1-3-5-7-8-10-13-29-19-23-33(24-20-29)37-34(35)31-21-25-32(26-22-31)36-27-11-14-30-17-15-28(16-18-30)12-9-6-4-2/h19-26,28,30H,3-18,27H2,1-2H3/t28-,30-. The first-order valence-corrected chi connectivity index (χ1v) is 15.2. The minimum Gasteiger partial charge on any atom is -0.494 e. The number of unbranched alkanes of at least 4 members (excludes halogenated alkanes) is 6. The van der Waals surface area contributed by atoms with Crippen molar-refractivity contribution in [2.24, 2.45) is 11.8 Å². The first-order valence-electron chi connectivity index (χ1n) is 15.2. The molecule has 0 spiro atoms. The summed E-state index contributed by atoms with van der Waals surface area (Å²) in [6.45, 7) is 5.27. The third-order valence-corrected chi connectivity index (χ3v) is 8.00. The van der Waals surface area contributed by atoms with Crippen LogP contribution in [0.3, 0.4) is 0 Å². The van der Waals surface area contributed by atoms with Gasteiger partial charge in [-0.05, 0) is 79.5 Å². The number of carbonyl (C=O) groups is 1. The largest absolute Gasteiger partial charge is 0.494 e. The highest BCUT2D eigenvalue weighted by Crippen LogP contribution is 2.34. The van der Waals surface area contributed by atoms with E-state index < -0.39 is 0 Å². The van der Waals surface area contributed by atoms with E-state index in [0.717, 1.165) is 37.0 Å². The lowest BCUT2D eigenvalue weighted by Gasteiger charge is -2.28. The van der Waals surface area contributed by atoms with Crippen LogP contribution < -0.4 is 9.47 Å². The first-order chi connectivity index (χ1) is 18.2.